The second-order valence-corrected chi connectivity index (χ2v) is 13.6. The lowest BCUT2D eigenvalue weighted by molar-refractivity contribution is 1.17. The summed E-state index contributed by atoms with van der Waals surface area (Å²) in [6.07, 6.45) is 0. The Morgan fingerprint density at radius 2 is 0.906 bits per heavy atom. The molecule has 0 aliphatic carbocycles. The zero-order chi connectivity index (χ0) is 35.0. The van der Waals surface area contributed by atoms with Crippen LogP contribution in [0.25, 0.3) is 93.6 Å². The lowest BCUT2D eigenvalue weighted by Crippen LogP contribution is -1.99. The van der Waals surface area contributed by atoms with Crippen molar-refractivity contribution in [1.29, 1.82) is 5.26 Å². The Morgan fingerprint density at radius 3 is 1.64 bits per heavy atom. The van der Waals surface area contributed by atoms with Gasteiger partial charge in [-0.25, -0.2) is 0 Å². The standard InChI is InChI=1S/C49H30N4/c50-31-33-14-13-22-39-48-46(29-28-45-47(48)38-21-9-12-25-43(38)52(45)35-17-5-2-6-18-35)53(49(33)39)41-23-10-7-19-36(41)32-26-27-44-40(30-32)37-20-8-11-24-42(37)51(44)34-15-3-1-4-16-34/h1-30H. The van der Waals surface area contributed by atoms with E-state index in [0.29, 0.717) is 5.56 Å². The number of aromatic nitrogens is 3. The largest absolute Gasteiger partial charge is 0.309 e. The fourth-order valence-corrected chi connectivity index (χ4v) is 8.72. The van der Waals surface area contributed by atoms with Crippen LogP contribution >= 0.6 is 0 Å². The third-order valence-electron chi connectivity index (χ3n) is 10.9. The number of hydrogen-bond donors (Lipinski definition) is 0. The molecule has 11 rings (SSSR count). The number of benzene rings is 8. The highest BCUT2D eigenvalue weighted by Crippen LogP contribution is 2.45. The van der Waals surface area contributed by atoms with Gasteiger partial charge in [0.15, 0.2) is 0 Å². The van der Waals surface area contributed by atoms with E-state index in [2.05, 4.69) is 190 Å². The van der Waals surface area contributed by atoms with Gasteiger partial charge in [0.1, 0.15) is 6.07 Å². The van der Waals surface area contributed by atoms with Gasteiger partial charge in [-0.2, -0.15) is 5.26 Å². The summed E-state index contributed by atoms with van der Waals surface area (Å²) >= 11 is 0. The fourth-order valence-electron chi connectivity index (χ4n) is 8.72. The molecule has 246 valence electrons. The van der Waals surface area contributed by atoms with Gasteiger partial charge in [-0.15, -0.1) is 0 Å². The monoisotopic (exact) mass is 674 g/mol. The Bertz CT molecular complexity index is 3280. The van der Waals surface area contributed by atoms with E-state index in [9.17, 15) is 5.26 Å². The van der Waals surface area contributed by atoms with E-state index >= 15 is 0 Å². The van der Waals surface area contributed by atoms with Gasteiger partial charge in [0.2, 0.25) is 0 Å². The van der Waals surface area contributed by atoms with Crippen molar-refractivity contribution in [3.05, 3.63) is 188 Å². The number of nitrogens with zero attached hydrogens (tertiary/aromatic N) is 4. The van der Waals surface area contributed by atoms with E-state index in [1.54, 1.807) is 0 Å². The second kappa shape index (κ2) is 11.3. The third kappa shape index (κ3) is 4.16. The van der Waals surface area contributed by atoms with Gasteiger partial charge in [-0.3, -0.25) is 0 Å². The highest BCUT2D eigenvalue weighted by molar-refractivity contribution is 6.29. The molecule has 53 heavy (non-hydrogen) atoms. The van der Waals surface area contributed by atoms with Gasteiger partial charge >= 0.3 is 0 Å². The molecule has 0 fully saturated rings. The first-order valence-corrected chi connectivity index (χ1v) is 17.9. The topological polar surface area (TPSA) is 38.6 Å². The van der Waals surface area contributed by atoms with E-state index in [1.165, 1.54) is 32.6 Å². The molecule has 4 heteroatoms. The summed E-state index contributed by atoms with van der Waals surface area (Å²) < 4.78 is 7.03. The maximum Gasteiger partial charge on any atom is 0.101 e. The molecule has 0 aliphatic heterocycles. The van der Waals surface area contributed by atoms with Crippen LogP contribution < -0.4 is 0 Å². The van der Waals surface area contributed by atoms with Crippen molar-refractivity contribution in [1.82, 2.24) is 13.7 Å². The number of para-hydroxylation sites is 6. The highest BCUT2D eigenvalue weighted by atomic mass is 15.0. The number of hydrogen-bond acceptors (Lipinski definition) is 1. The van der Waals surface area contributed by atoms with Crippen LogP contribution in [0.4, 0.5) is 0 Å². The molecule has 0 atom stereocenters. The van der Waals surface area contributed by atoms with Gasteiger partial charge in [0.05, 0.1) is 44.4 Å². The molecule has 4 nitrogen and oxygen atoms in total. The van der Waals surface area contributed by atoms with Crippen molar-refractivity contribution in [2.45, 2.75) is 0 Å². The van der Waals surface area contributed by atoms with Crippen LogP contribution in [0, 0.1) is 11.3 Å². The van der Waals surface area contributed by atoms with Crippen molar-refractivity contribution in [3.63, 3.8) is 0 Å². The molecule has 0 saturated carbocycles. The fraction of sp³-hybridized carbons (Fsp3) is 0. The van der Waals surface area contributed by atoms with E-state index in [0.717, 1.165) is 61.0 Å². The van der Waals surface area contributed by atoms with Crippen LogP contribution in [0.2, 0.25) is 0 Å². The Kier molecular flexibility index (Phi) is 6.28. The van der Waals surface area contributed by atoms with Gasteiger partial charge < -0.3 is 13.7 Å². The zero-order valence-electron chi connectivity index (χ0n) is 28.6. The summed E-state index contributed by atoms with van der Waals surface area (Å²) in [5.41, 5.74) is 12.8. The minimum atomic E-state index is 0.648. The quantitative estimate of drug-likeness (QED) is 0.183. The molecule has 0 aliphatic rings. The van der Waals surface area contributed by atoms with Crippen LogP contribution in [-0.4, -0.2) is 13.7 Å². The van der Waals surface area contributed by atoms with Crippen LogP contribution in [0.1, 0.15) is 5.56 Å². The highest BCUT2D eigenvalue weighted by Gasteiger charge is 2.23. The van der Waals surface area contributed by atoms with Gasteiger partial charge in [0.25, 0.3) is 0 Å². The van der Waals surface area contributed by atoms with E-state index in [4.69, 9.17) is 0 Å². The van der Waals surface area contributed by atoms with E-state index in [-0.39, 0.29) is 0 Å². The molecular weight excluding hydrogens is 645 g/mol. The Labute approximate surface area is 305 Å². The summed E-state index contributed by atoms with van der Waals surface area (Å²) in [6, 6.07) is 67.1. The maximum absolute atomic E-state index is 10.6. The summed E-state index contributed by atoms with van der Waals surface area (Å²) in [4.78, 5) is 0. The molecule has 0 radical (unpaired) electrons. The first kappa shape index (κ1) is 29.4. The number of fused-ring (bicyclic) bond motifs is 10. The van der Waals surface area contributed by atoms with Gasteiger partial charge in [-0.1, -0.05) is 109 Å². The molecule has 11 aromatic rings. The average molecular weight is 675 g/mol. The molecule has 0 unspecified atom stereocenters. The van der Waals surface area contributed by atoms with Crippen molar-refractivity contribution in [2.24, 2.45) is 0 Å². The number of nitriles is 1. The summed E-state index contributed by atoms with van der Waals surface area (Å²) in [5, 5.41) is 17.6. The normalized spacial score (nSPS) is 11.8. The van der Waals surface area contributed by atoms with Gasteiger partial charge in [0, 0.05) is 49.3 Å². The Balaban J connectivity index is 1.23. The van der Waals surface area contributed by atoms with Crippen LogP contribution in [0.5, 0.6) is 0 Å². The number of rotatable bonds is 4. The maximum atomic E-state index is 10.6. The molecule has 0 amide bonds. The summed E-state index contributed by atoms with van der Waals surface area (Å²) in [5.74, 6) is 0. The summed E-state index contributed by atoms with van der Waals surface area (Å²) in [7, 11) is 0. The SMILES string of the molecule is N#Cc1cccc2c3c4c5ccccc5n(-c5ccccc5)c4ccc3n(-c3ccccc3-c3ccc4c(c3)c3ccccc3n4-c3ccccc3)c12. The first-order valence-electron chi connectivity index (χ1n) is 17.9. The predicted molar refractivity (Wildman–Crippen MR) is 220 cm³/mol. The van der Waals surface area contributed by atoms with Crippen molar-refractivity contribution in [2.75, 3.05) is 0 Å². The summed E-state index contributed by atoms with van der Waals surface area (Å²) in [6.45, 7) is 0. The lowest BCUT2D eigenvalue weighted by Gasteiger charge is -2.15. The van der Waals surface area contributed by atoms with Crippen molar-refractivity contribution >= 4 is 65.4 Å². The molecule has 0 N–H and O–H groups in total. The second-order valence-electron chi connectivity index (χ2n) is 13.6. The smallest absolute Gasteiger partial charge is 0.101 e. The Morgan fingerprint density at radius 1 is 0.377 bits per heavy atom. The molecule has 0 saturated heterocycles. The predicted octanol–water partition coefficient (Wildman–Crippen LogP) is 12.5. The molecule has 3 heterocycles. The average Bonchev–Trinajstić information content (AvgIpc) is 3.87. The lowest BCUT2D eigenvalue weighted by atomic mass is 10.0. The minimum Gasteiger partial charge on any atom is -0.309 e. The minimum absolute atomic E-state index is 0.648. The van der Waals surface area contributed by atoms with Crippen molar-refractivity contribution < 1.29 is 0 Å². The molecule has 3 aromatic heterocycles. The van der Waals surface area contributed by atoms with E-state index in [1.807, 2.05) is 12.1 Å². The Hall–Kier alpha value is -7.35. The molecule has 0 spiro atoms. The molecular formula is C49H30N4. The first-order chi connectivity index (χ1) is 26.3. The van der Waals surface area contributed by atoms with Crippen LogP contribution in [0.3, 0.4) is 0 Å². The third-order valence-corrected chi connectivity index (χ3v) is 10.9. The van der Waals surface area contributed by atoms with Crippen LogP contribution in [-0.2, 0) is 0 Å². The van der Waals surface area contributed by atoms with Crippen LogP contribution in [0.15, 0.2) is 182 Å². The van der Waals surface area contributed by atoms with E-state index < -0.39 is 0 Å². The zero-order valence-corrected chi connectivity index (χ0v) is 28.6. The molecule has 8 aromatic carbocycles. The van der Waals surface area contributed by atoms with Gasteiger partial charge in [-0.05, 0) is 78.4 Å². The molecule has 0 bridgehead atoms. The van der Waals surface area contributed by atoms with Crippen molar-refractivity contribution in [3.8, 4) is 34.3 Å².